The van der Waals surface area contributed by atoms with Crippen molar-refractivity contribution in [1.29, 1.82) is 0 Å². The Hall–Kier alpha value is -2.63. The maximum absolute atomic E-state index is 13.2. The third kappa shape index (κ3) is 2.74. The maximum atomic E-state index is 13.2. The van der Waals surface area contributed by atoms with Crippen molar-refractivity contribution < 1.29 is 22.8 Å². The van der Waals surface area contributed by atoms with E-state index in [9.17, 15) is 22.8 Å². The molecule has 140 valence electrons. The zero-order valence-electron chi connectivity index (χ0n) is 14.5. The van der Waals surface area contributed by atoms with Crippen LogP contribution in [0.2, 0.25) is 0 Å². The van der Waals surface area contributed by atoms with Crippen LogP contribution in [0.4, 0.5) is 18.9 Å². The molecule has 1 N–H and O–H groups in total. The van der Waals surface area contributed by atoms with Gasteiger partial charge in [-0.3, -0.25) is 9.59 Å². The Morgan fingerprint density at radius 2 is 1.78 bits per heavy atom. The molecule has 0 aliphatic heterocycles. The Balaban J connectivity index is 1.79. The van der Waals surface area contributed by atoms with Gasteiger partial charge in [-0.05, 0) is 36.6 Å². The fourth-order valence-corrected chi connectivity index (χ4v) is 4.34. The number of anilines is 1. The van der Waals surface area contributed by atoms with Crippen LogP contribution < -0.4 is 5.32 Å². The van der Waals surface area contributed by atoms with Crippen molar-refractivity contribution in [3.05, 3.63) is 65.2 Å². The van der Waals surface area contributed by atoms with Crippen LogP contribution in [0.1, 0.15) is 53.2 Å². The van der Waals surface area contributed by atoms with Gasteiger partial charge in [-0.25, -0.2) is 0 Å². The Morgan fingerprint density at radius 3 is 2.52 bits per heavy atom. The van der Waals surface area contributed by atoms with E-state index in [0.717, 1.165) is 25.0 Å². The molecular weight excluding hydrogens is 355 g/mol. The van der Waals surface area contributed by atoms with Crippen LogP contribution >= 0.6 is 0 Å². The van der Waals surface area contributed by atoms with Crippen molar-refractivity contribution in [3.8, 4) is 0 Å². The second-order valence-corrected chi connectivity index (χ2v) is 7.17. The molecule has 0 radical (unpaired) electrons. The summed E-state index contributed by atoms with van der Waals surface area (Å²) < 4.78 is 39.2. The number of carbonyl (C=O) groups excluding carboxylic acids is 2. The molecule has 2 aliphatic rings. The maximum Gasteiger partial charge on any atom is 0.416 e. The summed E-state index contributed by atoms with van der Waals surface area (Å²) in [6.07, 6.45) is -2.25. The smallest absolute Gasteiger partial charge is 0.377 e. The van der Waals surface area contributed by atoms with Crippen LogP contribution in [0.3, 0.4) is 0 Å². The first-order valence-electron chi connectivity index (χ1n) is 8.95. The Kier molecular flexibility index (Phi) is 4.09. The molecule has 2 aliphatic carbocycles. The van der Waals surface area contributed by atoms with Crippen molar-refractivity contribution in [2.24, 2.45) is 5.41 Å². The molecule has 0 unspecified atom stereocenters. The zero-order chi connectivity index (χ0) is 19.2. The van der Waals surface area contributed by atoms with Crippen LogP contribution in [0.25, 0.3) is 0 Å². The van der Waals surface area contributed by atoms with E-state index >= 15 is 0 Å². The number of ketones is 2. The van der Waals surface area contributed by atoms with E-state index in [-0.39, 0.29) is 17.3 Å². The number of rotatable bonds is 2. The molecule has 1 fully saturated rings. The number of benzene rings is 2. The number of hydrogen-bond acceptors (Lipinski definition) is 3. The molecule has 2 aromatic rings. The molecule has 0 bridgehead atoms. The quantitative estimate of drug-likeness (QED) is 0.738. The van der Waals surface area contributed by atoms with Gasteiger partial charge in [-0.15, -0.1) is 0 Å². The number of halogens is 3. The number of alkyl halides is 3. The van der Waals surface area contributed by atoms with Gasteiger partial charge in [0.05, 0.1) is 11.6 Å². The first kappa shape index (κ1) is 17.8. The predicted molar refractivity (Wildman–Crippen MR) is 94.5 cm³/mol. The van der Waals surface area contributed by atoms with Gasteiger partial charge in [-0.1, -0.05) is 36.8 Å². The summed E-state index contributed by atoms with van der Waals surface area (Å²) in [5, 5.41) is 3.09. The topological polar surface area (TPSA) is 46.2 Å². The van der Waals surface area contributed by atoms with Crippen LogP contribution in [0.5, 0.6) is 0 Å². The first-order chi connectivity index (χ1) is 12.8. The fraction of sp³-hybridized carbons (Fsp3) is 0.333. The predicted octanol–water partition coefficient (Wildman–Crippen LogP) is 5.18. The van der Waals surface area contributed by atoms with Crippen molar-refractivity contribution in [3.63, 3.8) is 0 Å². The molecule has 0 saturated heterocycles. The fourth-order valence-electron chi connectivity index (χ4n) is 4.34. The van der Waals surface area contributed by atoms with Gasteiger partial charge < -0.3 is 5.32 Å². The minimum absolute atomic E-state index is 0.126. The molecule has 2 atom stereocenters. The molecule has 0 amide bonds. The van der Waals surface area contributed by atoms with E-state index in [1.807, 2.05) is 0 Å². The number of nitrogens with one attached hydrogen (secondary N) is 1. The summed E-state index contributed by atoms with van der Waals surface area (Å²) in [5.41, 5.74) is -0.588. The molecule has 4 rings (SSSR count). The average Bonchev–Trinajstić information content (AvgIpc) is 2.87. The summed E-state index contributed by atoms with van der Waals surface area (Å²) in [4.78, 5) is 26.1. The van der Waals surface area contributed by atoms with Crippen LogP contribution in [0, 0.1) is 5.41 Å². The summed E-state index contributed by atoms with van der Waals surface area (Å²) in [7, 11) is 0. The number of fused-ring (bicyclic) bond motifs is 1. The highest BCUT2D eigenvalue weighted by Gasteiger charge is 2.58. The van der Waals surface area contributed by atoms with E-state index in [0.29, 0.717) is 24.0 Å². The third-order valence-corrected chi connectivity index (χ3v) is 5.64. The zero-order valence-corrected chi connectivity index (χ0v) is 14.5. The lowest BCUT2D eigenvalue weighted by molar-refractivity contribution is -0.137. The minimum Gasteiger partial charge on any atom is -0.377 e. The molecule has 27 heavy (non-hydrogen) atoms. The normalized spacial score (nSPS) is 24.9. The average molecular weight is 373 g/mol. The highest BCUT2D eigenvalue weighted by Crippen LogP contribution is 2.53. The highest BCUT2D eigenvalue weighted by molar-refractivity contribution is 6.19. The first-order valence-corrected chi connectivity index (χ1v) is 8.95. The summed E-state index contributed by atoms with van der Waals surface area (Å²) in [6.45, 7) is 0. The van der Waals surface area contributed by atoms with E-state index < -0.39 is 23.2 Å². The van der Waals surface area contributed by atoms with Crippen molar-refractivity contribution >= 4 is 17.3 Å². The number of hydrogen-bond donors (Lipinski definition) is 1. The molecule has 6 heteroatoms. The van der Waals surface area contributed by atoms with E-state index in [1.165, 1.54) is 12.1 Å². The van der Waals surface area contributed by atoms with Gasteiger partial charge in [0.2, 0.25) is 0 Å². The standard InChI is InChI=1S/C21H18F3NO2/c22-21(23,24)13-6-5-7-14(12-13)25-18-15-8-1-2-9-16(15)19(27)20(18)11-4-3-10-17(20)26/h1-2,5-9,12,18,25H,3-4,10-11H2/t18-,20-/m1/s1. The van der Waals surface area contributed by atoms with Crippen molar-refractivity contribution in [1.82, 2.24) is 0 Å². The van der Waals surface area contributed by atoms with Crippen LogP contribution in [0.15, 0.2) is 48.5 Å². The van der Waals surface area contributed by atoms with Crippen LogP contribution in [-0.2, 0) is 11.0 Å². The molecular formula is C21H18F3NO2. The van der Waals surface area contributed by atoms with Crippen LogP contribution in [-0.4, -0.2) is 11.6 Å². The minimum atomic E-state index is -4.46. The Bertz CT molecular complexity index is 922. The molecule has 1 saturated carbocycles. The van der Waals surface area contributed by atoms with Crippen molar-refractivity contribution in [2.75, 3.05) is 5.32 Å². The number of carbonyl (C=O) groups is 2. The Labute approximate surface area is 154 Å². The van der Waals surface area contributed by atoms with Gasteiger partial charge in [-0.2, -0.15) is 13.2 Å². The van der Waals surface area contributed by atoms with Gasteiger partial charge in [0.15, 0.2) is 5.78 Å². The second kappa shape index (κ2) is 6.22. The van der Waals surface area contributed by atoms with Gasteiger partial charge >= 0.3 is 6.18 Å². The van der Waals surface area contributed by atoms with Gasteiger partial charge in [0.25, 0.3) is 0 Å². The van der Waals surface area contributed by atoms with E-state index in [4.69, 9.17) is 0 Å². The molecule has 0 heterocycles. The lowest BCUT2D eigenvalue weighted by atomic mass is 9.67. The van der Waals surface area contributed by atoms with Gasteiger partial charge in [0.1, 0.15) is 11.2 Å². The molecule has 1 spiro atoms. The molecule has 3 nitrogen and oxygen atoms in total. The lowest BCUT2D eigenvalue weighted by Gasteiger charge is -2.37. The molecule has 0 aromatic heterocycles. The largest absolute Gasteiger partial charge is 0.416 e. The molecule has 2 aromatic carbocycles. The summed E-state index contributed by atoms with van der Waals surface area (Å²) >= 11 is 0. The summed E-state index contributed by atoms with van der Waals surface area (Å²) in [5.74, 6) is -0.341. The summed E-state index contributed by atoms with van der Waals surface area (Å²) in [6, 6.07) is 11.2. The second-order valence-electron chi connectivity index (χ2n) is 7.17. The Morgan fingerprint density at radius 1 is 1.00 bits per heavy atom. The highest BCUT2D eigenvalue weighted by atomic mass is 19.4. The SMILES string of the molecule is O=C1CCCC[C@@]12C(=O)c1ccccc1[C@H]2Nc1cccc(C(F)(F)F)c1. The van der Waals surface area contributed by atoms with Crippen molar-refractivity contribution in [2.45, 2.75) is 37.9 Å². The van der Waals surface area contributed by atoms with Gasteiger partial charge in [0, 0.05) is 17.7 Å². The monoisotopic (exact) mass is 373 g/mol. The van der Waals surface area contributed by atoms with E-state index in [1.54, 1.807) is 24.3 Å². The third-order valence-electron chi connectivity index (χ3n) is 5.64. The lowest BCUT2D eigenvalue weighted by Crippen LogP contribution is -2.44. The van der Waals surface area contributed by atoms with E-state index in [2.05, 4.69) is 5.32 Å². The number of Topliss-reactive ketones (excluding diaryl/α,β-unsaturated/α-hetero) is 2.